The normalized spacial score (nSPS) is 15.0. The van der Waals surface area contributed by atoms with E-state index in [1.165, 1.54) is 0 Å². The fraction of sp³-hybridized carbons (Fsp3) is 0.364. The van der Waals surface area contributed by atoms with Crippen LogP contribution in [-0.2, 0) is 11.2 Å². The number of carbonyl (C=O) groups excluding carboxylic acids is 1. The van der Waals surface area contributed by atoms with Crippen molar-refractivity contribution in [1.29, 1.82) is 0 Å². The molecule has 0 aromatic carbocycles. The van der Waals surface area contributed by atoms with Crippen LogP contribution in [0.15, 0.2) is 53.6 Å². The van der Waals surface area contributed by atoms with Crippen molar-refractivity contribution in [2.24, 2.45) is 0 Å². The Morgan fingerprint density at radius 1 is 1.14 bits per heavy atom. The van der Waals surface area contributed by atoms with Gasteiger partial charge in [-0.2, -0.15) is 0 Å². The van der Waals surface area contributed by atoms with E-state index >= 15 is 0 Å². The monoisotopic (exact) mass is 376 g/mol. The summed E-state index contributed by atoms with van der Waals surface area (Å²) < 4.78 is 5.56. The molecule has 0 unspecified atom stereocenters. The molecule has 1 aliphatic heterocycles. The quantitative estimate of drug-likeness (QED) is 0.678. The van der Waals surface area contributed by atoms with Crippen molar-refractivity contribution in [2.75, 3.05) is 13.1 Å². The number of hydrogen-bond acceptors (Lipinski definition) is 5. The topological polar surface area (TPSA) is 72.1 Å². The molecule has 3 aromatic heterocycles. The summed E-state index contributed by atoms with van der Waals surface area (Å²) in [6.07, 6.45) is 10.0. The highest BCUT2D eigenvalue weighted by molar-refractivity contribution is 5.76. The third-order valence-corrected chi connectivity index (χ3v) is 5.35. The summed E-state index contributed by atoms with van der Waals surface area (Å²) in [5.74, 6) is 2.30. The minimum absolute atomic E-state index is 0.199. The van der Waals surface area contributed by atoms with Crippen LogP contribution in [0, 0.1) is 6.92 Å². The van der Waals surface area contributed by atoms with E-state index in [1.54, 1.807) is 18.7 Å². The first-order valence-electron chi connectivity index (χ1n) is 9.74. The molecule has 28 heavy (non-hydrogen) atoms. The van der Waals surface area contributed by atoms with Gasteiger partial charge in [0, 0.05) is 56.0 Å². The van der Waals surface area contributed by atoms with Crippen LogP contribution in [0.3, 0.4) is 0 Å². The summed E-state index contributed by atoms with van der Waals surface area (Å²) in [5.41, 5.74) is 3.21. The van der Waals surface area contributed by atoms with Crippen LogP contribution in [0.2, 0.25) is 0 Å². The molecule has 0 saturated carbocycles. The predicted octanol–water partition coefficient (Wildman–Crippen LogP) is 3.78. The van der Waals surface area contributed by atoms with Crippen LogP contribution in [0.25, 0.3) is 11.1 Å². The molecule has 4 rings (SSSR count). The second-order valence-corrected chi connectivity index (χ2v) is 7.22. The number of aryl methyl sites for hydroxylation is 2. The number of nitrogens with zero attached hydrogens (tertiary/aromatic N) is 4. The van der Waals surface area contributed by atoms with Gasteiger partial charge < -0.3 is 9.32 Å². The summed E-state index contributed by atoms with van der Waals surface area (Å²) in [6.45, 7) is 3.45. The summed E-state index contributed by atoms with van der Waals surface area (Å²) in [6, 6.07) is 7.85. The van der Waals surface area contributed by atoms with Gasteiger partial charge in [0.1, 0.15) is 17.8 Å². The molecule has 0 atom stereocenters. The second kappa shape index (κ2) is 8.33. The van der Waals surface area contributed by atoms with E-state index in [1.807, 2.05) is 42.3 Å². The van der Waals surface area contributed by atoms with Gasteiger partial charge in [-0.3, -0.25) is 9.78 Å². The first kappa shape index (κ1) is 18.3. The molecule has 1 saturated heterocycles. The average Bonchev–Trinajstić information content (AvgIpc) is 3.18. The number of likely N-dealkylation sites (tertiary alicyclic amines) is 1. The standard InChI is InChI=1S/C22H24N4O2/c1-16-2-3-19(28-16)4-5-21(27)26-12-8-18(9-13-26)22-20(14-24-15-25-22)17-6-10-23-11-7-17/h2-3,6-7,10-11,14-15,18H,4-5,8-9,12-13H2,1H3. The number of furan rings is 1. The number of aromatic nitrogens is 3. The van der Waals surface area contributed by atoms with Crippen LogP contribution in [0.4, 0.5) is 0 Å². The first-order valence-corrected chi connectivity index (χ1v) is 9.74. The molecule has 0 N–H and O–H groups in total. The molecule has 0 spiro atoms. The fourth-order valence-electron chi connectivity index (χ4n) is 3.83. The summed E-state index contributed by atoms with van der Waals surface area (Å²) in [7, 11) is 0. The fourth-order valence-corrected chi connectivity index (χ4v) is 3.83. The average molecular weight is 376 g/mol. The lowest BCUT2D eigenvalue weighted by Crippen LogP contribution is -2.38. The number of carbonyl (C=O) groups is 1. The smallest absolute Gasteiger partial charge is 0.223 e. The molecule has 0 radical (unpaired) electrons. The minimum atomic E-state index is 0.199. The Hall–Kier alpha value is -3.02. The maximum atomic E-state index is 12.6. The molecule has 0 aliphatic carbocycles. The number of piperidine rings is 1. The van der Waals surface area contributed by atoms with Gasteiger partial charge in [0.25, 0.3) is 0 Å². The van der Waals surface area contributed by atoms with Crippen molar-refractivity contribution in [2.45, 2.75) is 38.5 Å². The lowest BCUT2D eigenvalue weighted by molar-refractivity contribution is -0.132. The summed E-state index contributed by atoms with van der Waals surface area (Å²) >= 11 is 0. The van der Waals surface area contributed by atoms with E-state index in [0.29, 0.717) is 18.8 Å². The van der Waals surface area contributed by atoms with Crippen LogP contribution >= 0.6 is 0 Å². The van der Waals surface area contributed by atoms with E-state index in [-0.39, 0.29) is 5.91 Å². The molecule has 3 aromatic rings. The molecule has 1 amide bonds. The highest BCUT2D eigenvalue weighted by Crippen LogP contribution is 2.33. The largest absolute Gasteiger partial charge is 0.466 e. The Labute approximate surface area is 164 Å². The van der Waals surface area contributed by atoms with Crippen LogP contribution in [0.5, 0.6) is 0 Å². The summed E-state index contributed by atoms with van der Waals surface area (Å²) in [5, 5.41) is 0. The lowest BCUT2D eigenvalue weighted by Gasteiger charge is -2.32. The third kappa shape index (κ3) is 4.11. The second-order valence-electron chi connectivity index (χ2n) is 7.22. The highest BCUT2D eigenvalue weighted by atomic mass is 16.3. The molecule has 6 heteroatoms. The number of amides is 1. The predicted molar refractivity (Wildman–Crippen MR) is 106 cm³/mol. The van der Waals surface area contributed by atoms with Gasteiger partial charge in [-0.1, -0.05) is 0 Å². The molecule has 1 fully saturated rings. The molecular formula is C22H24N4O2. The van der Waals surface area contributed by atoms with E-state index in [9.17, 15) is 4.79 Å². The van der Waals surface area contributed by atoms with Crippen LogP contribution < -0.4 is 0 Å². The van der Waals surface area contributed by atoms with E-state index in [4.69, 9.17) is 4.42 Å². The molecule has 4 heterocycles. The first-order chi connectivity index (χ1) is 13.7. The van der Waals surface area contributed by atoms with Gasteiger partial charge in [-0.25, -0.2) is 9.97 Å². The Kier molecular flexibility index (Phi) is 5.46. The van der Waals surface area contributed by atoms with Crippen molar-refractivity contribution in [3.63, 3.8) is 0 Å². The Bertz CT molecular complexity index is 930. The van der Waals surface area contributed by atoms with Crippen LogP contribution in [0.1, 0.15) is 42.4 Å². The summed E-state index contributed by atoms with van der Waals surface area (Å²) in [4.78, 5) is 27.4. The zero-order valence-corrected chi connectivity index (χ0v) is 16.0. The van der Waals surface area contributed by atoms with Crippen molar-refractivity contribution in [3.8, 4) is 11.1 Å². The Balaban J connectivity index is 1.37. The van der Waals surface area contributed by atoms with Gasteiger partial charge >= 0.3 is 0 Å². The number of hydrogen-bond donors (Lipinski definition) is 0. The lowest BCUT2D eigenvalue weighted by atomic mass is 9.89. The van der Waals surface area contributed by atoms with Gasteiger partial charge in [0.2, 0.25) is 5.91 Å². The molecule has 0 bridgehead atoms. The Morgan fingerprint density at radius 3 is 2.64 bits per heavy atom. The molecule has 6 nitrogen and oxygen atoms in total. The molecule has 1 aliphatic rings. The van der Waals surface area contributed by atoms with Gasteiger partial charge in [-0.15, -0.1) is 0 Å². The van der Waals surface area contributed by atoms with Gasteiger partial charge in [0.15, 0.2) is 0 Å². The van der Waals surface area contributed by atoms with E-state index in [0.717, 1.165) is 54.3 Å². The minimum Gasteiger partial charge on any atom is -0.466 e. The zero-order valence-electron chi connectivity index (χ0n) is 16.0. The van der Waals surface area contributed by atoms with Gasteiger partial charge in [-0.05, 0) is 49.6 Å². The third-order valence-electron chi connectivity index (χ3n) is 5.35. The molecular weight excluding hydrogens is 352 g/mol. The van der Waals surface area contributed by atoms with Gasteiger partial charge in [0.05, 0.1) is 5.69 Å². The van der Waals surface area contributed by atoms with Crippen molar-refractivity contribution in [1.82, 2.24) is 19.9 Å². The Morgan fingerprint density at radius 2 is 1.93 bits per heavy atom. The number of pyridine rings is 1. The van der Waals surface area contributed by atoms with Crippen molar-refractivity contribution in [3.05, 3.63) is 66.4 Å². The van der Waals surface area contributed by atoms with Crippen molar-refractivity contribution >= 4 is 5.91 Å². The SMILES string of the molecule is Cc1ccc(CCC(=O)N2CCC(c3ncncc3-c3ccncc3)CC2)o1. The van der Waals surface area contributed by atoms with Crippen LogP contribution in [-0.4, -0.2) is 38.8 Å². The van der Waals surface area contributed by atoms with E-state index < -0.39 is 0 Å². The number of rotatable bonds is 5. The maximum Gasteiger partial charge on any atom is 0.223 e. The maximum absolute atomic E-state index is 12.6. The zero-order chi connectivity index (χ0) is 19.3. The molecule has 144 valence electrons. The highest BCUT2D eigenvalue weighted by Gasteiger charge is 2.26. The van der Waals surface area contributed by atoms with Crippen molar-refractivity contribution < 1.29 is 9.21 Å². The van der Waals surface area contributed by atoms with E-state index in [2.05, 4.69) is 15.0 Å².